The lowest BCUT2D eigenvalue weighted by atomic mass is 10.0. The van der Waals surface area contributed by atoms with Gasteiger partial charge < -0.3 is 14.4 Å². The number of carbonyl (C=O) groups is 2. The van der Waals surface area contributed by atoms with Gasteiger partial charge in [-0.15, -0.1) is 0 Å². The van der Waals surface area contributed by atoms with E-state index >= 15 is 0 Å². The van der Waals surface area contributed by atoms with Crippen molar-refractivity contribution in [2.75, 3.05) is 7.05 Å². The molecule has 5 nitrogen and oxygen atoms in total. The van der Waals surface area contributed by atoms with Gasteiger partial charge in [-0.05, 0) is 66.5 Å². The number of hydrogen-bond donors (Lipinski definition) is 0. The highest BCUT2D eigenvalue weighted by molar-refractivity contribution is 6.14. The van der Waals surface area contributed by atoms with E-state index in [4.69, 9.17) is 9.47 Å². The molecule has 0 N–H and O–H groups in total. The van der Waals surface area contributed by atoms with Crippen LogP contribution in [0.4, 0.5) is 0 Å². The molecule has 0 amide bonds. The highest BCUT2D eigenvalue weighted by Gasteiger charge is 2.31. The van der Waals surface area contributed by atoms with Crippen LogP contribution in [-0.4, -0.2) is 41.6 Å². The average molecular weight is 323 g/mol. The average Bonchev–Trinajstić information content (AvgIpc) is 2.64. The Kier molecular flexibility index (Phi) is 6.42. The molecule has 1 heterocycles. The maximum absolute atomic E-state index is 12.2. The summed E-state index contributed by atoms with van der Waals surface area (Å²) in [4.78, 5) is 26.5. The molecule has 5 heteroatoms. The second kappa shape index (κ2) is 7.66. The molecule has 1 saturated heterocycles. The summed E-state index contributed by atoms with van der Waals surface area (Å²) < 4.78 is 10.3. The summed E-state index contributed by atoms with van der Waals surface area (Å²) in [5, 5.41) is 0. The number of carbonyl (C=O) groups excluding carboxylic acids is 2. The van der Waals surface area contributed by atoms with Gasteiger partial charge in [0.1, 0.15) is 5.57 Å². The van der Waals surface area contributed by atoms with Crippen LogP contribution in [0.25, 0.3) is 0 Å². The van der Waals surface area contributed by atoms with Gasteiger partial charge in [0.15, 0.2) is 0 Å². The van der Waals surface area contributed by atoms with E-state index in [2.05, 4.69) is 18.7 Å². The Morgan fingerprint density at radius 3 is 1.91 bits per heavy atom. The molecule has 0 spiro atoms. The summed E-state index contributed by atoms with van der Waals surface area (Å²) in [6.07, 6.45) is 4.68. The fourth-order valence-electron chi connectivity index (χ4n) is 2.31. The van der Waals surface area contributed by atoms with E-state index in [-0.39, 0.29) is 23.3 Å². The Bertz CT molecular complexity index is 491. The molecule has 0 bridgehead atoms. The van der Waals surface area contributed by atoms with E-state index in [1.807, 2.05) is 13.1 Å². The van der Waals surface area contributed by atoms with Crippen LogP contribution in [0.1, 0.15) is 54.4 Å². The Labute approximate surface area is 139 Å². The van der Waals surface area contributed by atoms with Crippen molar-refractivity contribution in [3.8, 4) is 0 Å². The fourth-order valence-corrected chi connectivity index (χ4v) is 2.31. The predicted molar refractivity (Wildman–Crippen MR) is 89.7 cm³/mol. The number of rotatable bonds is 5. The van der Waals surface area contributed by atoms with E-state index in [1.54, 1.807) is 27.7 Å². The normalized spacial score (nSPS) is 18.5. The quantitative estimate of drug-likeness (QED) is 0.336. The Balaban J connectivity index is 3.04. The summed E-state index contributed by atoms with van der Waals surface area (Å²) in [5.74, 6) is -1.30. The molecule has 0 atom stereocenters. The largest absolute Gasteiger partial charge is 0.459 e. The molecule has 23 heavy (non-hydrogen) atoms. The zero-order chi connectivity index (χ0) is 17.8. The van der Waals surface area contributed by atoms with Gasteiger partial charge in [-0.25, -0.2) is 9.59 Å². The van der Waals surface area contributed by atoms with Crippen molar-refractivity contribution in [3.05, 3.63) is 23.4 Å². The SMILES string of the molecule is CC(C)OC(=O)C(=C/C=C1\CCC(C)(C)N1C)C(=O)OC(C)C. The summed E-state index contributed by atoms with van der Waals surface area (Å²) in [5.41, 5.74) is 1.09. The third kappa shape index (κ3) is 5.41. The minimum Gasteiger partial charge on any atom is -0.459 e. The van der Waals surface area contributed by atoms with Crippen LogP contribution in [0, 0.1) is 0 Å². The van der Waals surface area contributed by atoms with Gasteiger partial charge in [-0.1, -0.05) is 0 Å². The minimum atomic E-state index is -0.651. The maximum atomic E-state index is 12.2. The van der Waals surface area contributed by atoms with E-state index < -0.39 is 11.9 Å². The standard InChI is InChI=1S/C18H29NO4/c1-12(2)22-16(20)15(17(21)23-13(3)4)9-8-14-10-11-18(5,6)19(14)7/h8-9,12-13H,10-11H2,1-7H3/b14-8+. The first-order valence-electron chi connectivity index (χ1n) is 8.11. The van der Waals surface area contributed by atoms with Crippen LogP contribution < -0.4 is 0 Å². The van der Waals surface area contributed by atoms with Gasteiger partial charge in [-0.3, -0.25) is 0 Å². The van der Waals surface area contributed by atoms with Gasteiger partial charge >= 0.3 is 11.9 Å². The van der Waals surface area contributed by atoms with Crippen molar-refractivity contribution in [1.29, 1.82) is 0 Å². The molecule has 1 rings (SSSR count). The zero-order valence-corrected chi connectivity index (χ0v) is 15.3. The lowest BCUT2D eigenvalue weighted by Crippen LogP contribution is -2.33. The Morgan fingerprint density at radius 2 is 1.57 bits per heavy atom. The van der Waals surface area contributed by atoms with Crippen LogP contribution in [0.3, 0.4) is 0 Å². The lowest BCUT2D eigenvalue weighted by Gasteiger charge is -2.30. The number of nitrogens with zero attached hydrogens (tertiary/aromatic N) is 1. The van der Waals surface area contributed by atoms with Gasteiger partial charge in [0.05, 0.1) is 12.2 Å². The molecule has 0 unspecified atom stereocenters. The molecule has 0 aromatic heterocycles. The molecule has 0 aliphatic carbocycles. The molecule has 0 aromatic carbocycles. The van der Waals surface area contributed by atoms with Crippen LogP contribution in [-0.2, 0) is 19.1 Å². The summed E-state index contributed by atoms with van der Waals surface area (Å²) in [6.45, 7) is 11.3. The van der Waals surface area contributed by atoms with E-state index in [9.17, 15) is 9.59 Å². The van der Waals surface area contributed by atoms with Crippen LogP contribution in [0.2, 0.25) is 0 Å². The van der Waals surface area contributed by atoms with Crippen molar-refractivity contribution in [3.63, 3.8) is 0 Å². The van der Waals surface area contributed by atoms with Gasteiger partial charge in [-0.2, -0.15) is 0 Å². The topological polar surface area (TPSA) is 55.8 Å². The zero-order valence-electron chi connectivity index (χ0n) is 15.3. The van der Waals surface area contributed by atoms with Crippen molar-refractivity contribution in [2.45, 2.75) is 72.1 Å². The lowest BCUT2D eigenvalue weighted by molar-refractivity contribution is -0.150. The third-order valence-electron chi connectivity index (χ3n) is 3.90. The highest BCUT2D eigenvalue weighted by Crippen LogP contribution is 2.34. The molecule has 0 saturated carbocycles. The van der Waals surface area contributed by atoms with Gasteiger partial charge in [0, 0.05) is 18.3 Å². The molecule has 1 aliphatic heterocycles. The van der Waals surface area contributed by atoms with Crippen LogP contribution >= 0.6 is 0 Å². The predicted octanol–water partition coefficient (Wildman–Crippen LogP) is 3.20. The Hall–Kier alpha value is -1.78. The second-order valence-corrected chi connectivity index (χ2v) is 7.02. The second-order valence-electron chi connectivity index (χ2n) is 7.02. The maximum Gasteiger partial charge on any atom is 0.345 e. The highest BCUT2D eigenvalue weighted by atomic mass is 16.6. The first-order chi connectivity index (χ1) is 10.5. The van der Waals surface area contributed by atoms with E-state index in [1.165, 1.54) is 6.08 Å². The molecule has 1 aliphatic rings. The first-order valence-corrected chi connectivity index (χ1v) is 8.11. The number of ether oxygens (including phenoxy) is 2. The van der Waals surface area contributed by atoms with E-state index in [0.29, 0.717) is 0 Å². The number of hydrogen-bond acceptors (Lipinski definition) is 5. The van der Waals surface area contributed by atoms with Crippen molar-refractivity contribution in [2.24, 2.45) is 0 Å². The van der Waals surface area contributed by atoms with E-state index in [0.717, 1.165) is 18.5 Å². The minimum absolute atomic E-state index is 0.0713. The Morgan fingerprint density at radius 1 is 1.09 bits per heavy atom. The monoisotopic (exact) mass is 323 g/mol. The first kappa shape index (κ1) is 19.3. The molecular weight excluding hydrogens is 294 g/mol. The number of likely N-dealkylation sites (tertiary alicyclic amines) is 1. The molecule has 1 fully saturated rings. The van der Waals surface area contributed by atoms with Gasteiger partial charge in [0.25, 0.3) is 0 Å². The molecule has 0 radical (unpaired) electrons. The van der Waals surface area contributed by atoms with Gasteiger partial charge in [0.2, 0.25) is 0 Å². The molecular formula is C18H29NO4. The fraction of sp³-hybridized carbons (Fsp3) is 0.667. The molecule has 130 valence electrons. The summed E-state index contributed by atoms with van der Waals surface area (Å²) in [7, 11) is 2.02. The smallest absolute Gasteiger partial charge is 0.345 e. The van der Waals surface area contributed by atoms with Crippen molar-refractivity contribution < 1.29 is 19.1 Å². The summed E-state index contributed by atoms with van der Waals surface area (Å²) in [6, 6.07) is 0. The molecule has 0 aromatic rings. The number of allylic oxidation sites excluding steroid dienone is 3. The third-order valence-corrected chi connectivity index (χ3v) is 3.90. The number of esters is 2. The van der Waals surface area contributed by atoms with Crippen molar-refractivity contribution in [1.82, 2.24) is 4.90 Å². The van der Waals surface area contributed by atoms with Crippen molar-refractivity contribution >= 4 is 11.9 Å². The van der Waals surface area contributed by atoms with Crippen LogP contribution in [0.5, 0.6) is 0 Å². The van der Waals surface area contributed by atoms with Crippen LogP contribution in [0.15, 0.2) is 23.4 Å². The summed E-state index contributed by atoms with van der Waals surface area (Å²) >= 11 is 0.